The van der Waals surface area contributed by atoms with E-state index in [1.54, 1.807) is 18.4 Å². The van der Waals surface area contributed by atoms with Gasteiger partial charge in [-0.2, -0.15) is 0 Å². The molecule has 8 heteroatoms. The van der Waals surface area contributed by atoms with Gasteiger partial charge in [0.2, 0.25) is 0 Å². The van der Waals surface area contributed by atoms with Gasteiger partial charge in [-0.05, 0) is 38.5 Å². The quantitative estimate of drug-likeness (QED) is 0.457. The number of ether oxygens (including phenoxy) is 2. The zero-order valence-corrected chi connectivity index (χ0v) is 19.9. The molecule has 31 heavy (non-hydrogen) atoms. The van der Waals surface area contributed by atoms with E-state index in [1.165, 1.54) is 15.4 Å². The number of aliphatic imine (C=N–C) groups is 1. The zero-order chi connectivity index (χ0) is 22.1. The van der Waals surface area contributed by atoms with Crippen LogP contribution in [0.5, 0.6) is 5.75 Å². The molecule has 0 aliphatic carbocycles. The highest BCUT2D eigenvalue weighted by atomic mass is 32.1. The van der Waals surface area contributed by atoms with Crippen molar-refractivity contribution in [3.63, 3.8) is 0 Å². The summed E-state index contributed by atoms with van der Waals surface area (Å²) in [5.41, 5.74) is 2.38. The molecule has 1 aromatic carbocycles. The Labute approximate surface area is 189 Å². The number of methoxy groups -OCH3 is 1. The van der Waals surface area contributed by atoms with Crippen LogP contribution < -0.4 is 15.4 Å². The number of morpholine rings is 1. The van der Waals surface area contributed by atoms with Gasteiger partial charge in [-0.25, -0.2) is 4.98 Å². The van der Waals surface area contributed by atoms with E-state index in [0.29, 0.717) is 6.54 Å². The van der Waals surface area contributed by atoms with E-state index < -0.39 is 0 Å². The van der Waals surface area contributed by atoms with Crippen LogP contribution in [0.4, 0.5) is 0 Å². The highest BCUT2D eigenvalue weighted by molar-refractivity contribution is 7.11. The molecule has 2 N–H and O–H groups in total. The molecule has 1 saturated heterocycles. The molecule has 1 aliphatic rings. The molecule has 1 atom stereocenters. The first-order valence-electron chi connectivity index (χ1n) is 11.0. The Kier molecular flexibility index (Phi) is 9.12. The Morgan fingerprint density at radius 1 is 1.23 bits per heavy atom. The van der Waals surface area contributed by atoms with Gasteiger partial charge in [0, 0.05) is 37.5 Å². The van der Waals surface area contributed by atoms with E-state index in [1.807, 2.05) is 12.1 Å². The molecule has 0 bridgehead atoms. The van der Waals surface area contributed by atoms with Crippen molar-refractivity contribution in [2.75, 3.05) is 53.0 Å². The summed E-state index contributed by atoms with van der Waals surface area (Å²) in [4.78, 5) is 13.3. The Hall–Kier alpha value is -2.16. The van der Waals surface area contributed by atoms with Gasteiger partial charge >= 0.3 is 0 Å². The van der Waals surface area contributed by atoms with Crippen LogP contribution >= 0.6 is 11.3 Å². The van der Waals surface area contributed by atoms with Crippen molar-refractivity contribution in [1.29, 1.82) is 0 Å². The molecule has 2 heterocycles. The fraction of sp³-hybridized carbons (Fsp3) is 0.565. The number of nitrogens with zero attached hydrogens (tertiary/aromatic N) is 3. The van der Waals surface area contributed by atoms with Crippen molar-refractivity contribution >= 4 is 17.3 Å². The van der Waals surface area contributed by atoms with E-state index in [9.17, 15) is 0 Å². The number of nitrogens with one attached hydrogen (secondary N) is 2. The molecule has 0 spiro atoms. The molecule has 1 unspecified atom stereocenters. The third-order valence-electron chi connectivity index (χ3n) is 5.46. The Morgan fingerprint density at radius 2 is 1.97 bits per heavy atom. The van der Waals surface area contributed by atoms with Gasteiger partial charge in [-0.1, -0.05) is 12.1 Å². The number of aromatic nitrogens is 1. The first-order chi connectivity index (χ1) is 15.1. The minimum atomic E-state index is 0.203. The van der Waals surface area contributed by atoms with Crippen molar-refractivity contribution in [2.45, 2.75) is 33.2 Å². The summed E-state index contributed by atoms with van der Waals surface area (Å²) in [7, 11) is 1.70. The molecule has 1 aromatic heterocycles. The third-order valence-corrected chi connectivity index (χ3v) is 6.59. The normalized spacial score (nSPS) is 16.2. The maximum atomic E-state index is 5.56. The Bertz CT molecular complexity index is 811. The van der Waals surface area contributed by atoms with Crippen molar-refractivity contribution < 1.29 is 9.47 Å². The number of hydrogen-bond donors (Lipinski definition) is 2. The molecule has 0 amide bonds. The molecular formula is C23H35N5O2S. The lowest BCUT2D eigenvalue weighted by Crippen LogP contribution is -2.42. The topological polar surface area (TPSA) is 71.0 Å². The SMILES string of the molecule is CCNC(=NCC(c1ccc(OC)cc1)N1CCOCC1)NCCc1nc(C)c(C)s1. The Morgan fingerprint density at radius 3 is 2.58 bits per heavy atom. The average Bonchev–Trinajstić information content (AvgIpc) is 3.12. The van der Waals surface area contributed by atoms with Crippen LogP contribution in [0, 0.1) is 13.8 Å². The molecule has 0 saturated carbocycles. The van der Waals surface area contributed by atoms with Crippen LogP contribution in [-0.2, 0) is 11.2 Å². The number of benzene rings is 1. The van der Waals surface area contributed by atoms with Crippen LogP contribution in [0.25, 0.3) is 0 Å². The van der Waals surface area contributed by atoms with Crippen LogP contribution in [0.2, 0.25) is 0 Å². The smallest absolute Gasteiger partial charge is 0.191 e. The van der Waals surface area contributed by atoms with Crippen molar-refractivity contribution in [2.24, 2.45) is 4.99 Å². The number of thiazole rings is 1. The average molecular weight is 446 g/mol. The number of guanidine groups is 1. The lowest BCUT2D eigenvalue weighted by atomic mass is 10.0. The second-order valence-electron chi connectivity index (χ2n) is 7.58. The molecule has 170 valence electrons. The fourth-order valence-corrected chi connectivity index (χ4v) is 4.53. The highest BCUT2D eigenvalue weighted by Crippen LogP contribution is 2.24. The molecular weight excluding hydrogens is 410 g/mol. The number of hydrogen-bond acceptors (Lipinski definition) is 6. The fourth-order valence-electron chi connectivity index (χ4n) is 3.60. The minimum absolute atomic E-state index is 0.203. The van der Waals surface area contributed by atoms with Gasteiger partial charge < -0.3 is 20.1 Å². The summed E-state index contributed by atoms with van der Waals surface area (Å²) in [6, 6.07) is 8.53. The molecule has 0 radical (unpaired) electrons. The molecule has 2 aromatic rings. The van der Waals surface area contributed by atoms with Crippen molar-refractivity contribution in [3.05, 3.63) is 45.4 Å². The van der Waals surface area contributed by atoms with Gasteiger partial charge in [-0.3, -0.25) is 9.89 Å². The summed E-state index contributed by atoms with van der Waals surface area (Å²) < 4.78 is 10.9. The van der Waals surface area contributed by atoms with Gasteiger partial charge in [0.05, 0.1) is 43.6 Å². The van der Waals surface area contributed by atoms with Crippen molar-refractivity contribution in [3.8, 4) is 5.75 Å². The maximum Gasteiger partial charge on any atom is 0.191 e. The molecule has 1 aliphatic heterocycles. The Balaban J connectivity index is 1.66. The van der Waals surface area contributed by atoms with Gasteiger partial charge in [0.15, 0.2) is 5.96 Å². The second-order valence-corrected chi connectivity index (χ2v) is 8.87. The van der Waals surface area contributed by atoms with Gasteiger partial charge in [0.25, 0.3) is 0 Å². The first kappa shape index (κ1) is 23.5. The molecule has 3 rings (SSSR count). The monoisotopic (exact) mass is 445 g/mol. The standard InChI is InChI=1S/C23H35N5O2S/c1-5-24-23(25-11-10-22-27-17(2)18(3)31-22)26-16-21(28-12-14-30-15-13-28)19-6-8-20(29-4)9-7-19/h6-9,21H,5,10-16H2,1-4H3,(H2,24,25,26). The third kappa shape index (κ3) is 6.92. The number of rotatable bonds is 9. The highest BCUT2D eigenvalue weighted by Gasteiger charge is 2.22. The van der Waals surface area contributed by atoms with Gasteiger partial charge in [0.1, 0.15) is 5.75 Å². The zero-order valence-electron chi connectivity index (χ0n) is 19.1. The summed E-state index contributed by atoms with van der Waals surface area (Å²) in [5.74, 6) is 1.72. The maximum absolute atomic E-state index is 5.56. The van der Waals surface area contributed by atoms with Crippen LogP contribution in [0.1, 0.15) is 34.1 Å². The van der Waals surface area contributed by atoms with E-state index in [-0.39, 0.29) is 6.04 Å². The minimum Gasteiger partial charge on any atom is -0.497 e. The van der Waals surface area contributed by atoms with E-state index in [2.05, 4.69) is 53.4 Å². The van der Waals surface area contributed by atoms with Crippen molar-refractivity contribution in [1.82, 2.24) is 20.5 Å². The molecule has 1 fully saturated rings. The largest absolute Gasteiger partial charge is 0.497 e. The van der Waals surface area contributed by atoms with Gasteiger partial charge in [-0.15, -0.1) is 11.3 Å². The summed E-state index contributed by atoms with van der Waals surface area (Å²) in [6.45, 7) is 12.0. The summed E-state index contributed by atoms with van der Waals surface area (Å²) in [5, 5.41) is 8.01. The van der Waals surface area contributed by atoms with Crippen LogP contribution in [0.3, 0.4) is 0 Å². The predicted molar refractivity (Wildman–Crippen MR) is 127 cm³/mol. The lowest BCUT2D eigenvalue weighted by molar-refractivity contribution is 0.0179. The van der Waals surface area contributed by atoms with E-state index in [0.717, 1.165) is 63.2 Å². The summed E-state index contributed by atoms with van der Waals surface area (Å²) in [6.07, 6.45) is 0.898. The van der Waals surface area contributed by atoms with E-state index >= 15 is 0 Å². The van der Waals surface area contributed by atoms with E-state index in [4.69, 9.17) is 14.5 Å². The van der Waals surface area contributed by atoms with Crippen LogP contribution in [-0.4, -0.2) is 68.9 Å². The molecule has 7 nitrogen and oxygen atoms in total. The lowest BCUT2D eigenvalue weighted by Gasteiger charge is -2.34. The number of aryl methyl sites for hydroxylation is 2. The predicted octanol–water partition coefficient (Wildman–Crippen LogP) is 2.94. The van der Waals surface area contributed by atoms with Crippen LogP contribution in [0.15, 0.2) is 29.3 Å². The summed E-state index contributed by atoms with van der Waals surface area (Å²) >= 11 is 1.78. The first-order valence-corrected chi connectivity index (χ1v) is 11.8. The second kappa shape index (κ2) is 12.0.